The molecular weight excluding hydrogens is 378 g/mol. The minimum Gasteiger partial charge on any atom is -0.507 e. The third-order valence-electron chi connectivity index (χ3n) is 5.73. The Morgan fingerprint density at radius 2 is 1.77 bits per heavy atom. The molecule has 4 rings (SSSR count). The Labute approximate surface area is 175 Å². The molecule has 30 heavy (non-hydrogen) atoms. The van der Waals surface area contributed by atoms with Gasteiger partial charge in [0.15, 0.2) is 0 Å². The molecule has 1 aromatic heterocycles. The lowest BCUT2D eigenvalue weighted by atomic mass is 9.98. The molecule has 1 amide bonds. The number of carbonyl (C=O) groups is 2. The molecule has 0 spiro atoms. The van der Waals surface area contributed by atoms with Gasteiger partial charge in [-0.3, -0.25) is 14.5 Å². The predicted octanol–water partition coefficient (Wildman–Crippen LogP) is 5.09. The van der Waals surface area contributed by atoms with Gasteiger partial charge in [0.2, 0.25) is 0 Å². The molecule has 1 saturated heterocycles. The van der Waals surface area contributed by atoms with Gasteiger partial charge in [-0.2, -0.15) is 0 Å². The van der Waals surface area contributed by atoms with E-state index in [1.54, 1.807) is 30.3 Å². The minimum absolute atomic E-state index is 0.0279. The molecule has 0 saturated carbocycles. The maximum absolute atomic E-state index is 13.1. The fourth-order valence-corrected chi connectivity index (χ4v) is 3.85. The first-order chi connectivity index (χ1) is 14.4. The zero-order valence-corrected chi connectivity index (χ0v) is 17.2. The van der Waals surface area contributed by atoms with Crippen molar-refractivity contribution in [3.8, 4) is 0 Å². The minimum atomic E-state index is -0.841. The molecule has 5 heteroatoms. The number of anilines is 1. The SMILES string of the molecule is CCc1ccc(/C(O)=C2/C(=O)C(=O)N(c3cccc(C)c3C)C2c2ccco2)cc1. The molecule has 2 aromatic carbocycles. The fourth-order valence-electron chi connectivity index (χ4n) is 3.85. The number of Topliss-reactive ketones (excluding diaryl/α,β-unsaturated/α-hetero) is 1. The van der Waals surface area contributed by atoms with Crippen molar-refractivity contribution in [2.24, 2.45) is 0 Å². The molecule has 1 aliphatic rings. The number of aryl methyl sites for hydroxylation is 2. The number of benzene rings is 2. The van der Waals surface area contributed by atoms with Crippen molar-refractivity contribution in [1.82, 2.24) is 0 Å². The molecule has 0 aliphatic carbocycles. The third kappa shape index (κ3) is 3.12. The van der Waals surface area contributed by atoms with Crippen LogP contribution in [0.5, 0.6) is 0 Å². The van der Waals surface area contributed by atoms with Crippen LogP contribution in [0.1, 0.15) is 41.0 Å². The number of aliphatic hydroxyl groups is 1. The van der Waals surface area contributed by atoms with Gasteiger partial charge in [-0.1, -0.05) is 43.3 Å². The molecule has 3 aromatic rings. The van der Waals surface area contributed by atoms with Gasteiger partial charge in [-0.25, -0.2) is 0 Å². The molecule has 5 nitrogen and oxygen atoms in total. The normalized spacial score (nSPS) is 18.2. The van der Waals surface area contributed by atoms with Crippen LogP contribution in [0.15, 0.2) is 70.9 Å². The van der Waals surface area contributed by atoms with E-state index in [0.717, 1.165) is 23.1 Å². The Morgan fingerprint density at radius 3 is 2.40 bits per heavy atom. The van der Waals surface area contributed by atoms with Crippen molar-refractivity contribution in [3.05, 3.63) is 94.4 Å². The Kier molecular flexibility index (Phi) is 5.04. The number of ketones is 1. The summed E-state index contributed by atoms with van der Waals surface area (Å²) in [7, 11) is 0. The summed E-state index contributed by atoms with van der Waals surface area (Å²) in [5.41, 5.74) is 4.15. The summed E-state index contributed by atoms with van der Waals surface area (Å²) >= 11 is 0. The second-order valence-corrected chi connectivity index (χ2v) is 7.45. The second-order valence-electron chi connectivity index (χ2n) is 7.45. The Balaban J connectivity index is 1.93. The first-order valence-corrected chi connectivity index (χ1v) is 9.94. The summed E-state index contributed by atoms with van der Waals surface area (Å²) in [6.07, 6.45) is 2.36. The van der Waals surface area contributed by atoms with E-state index >= 15 is 0 Å². The van der Waals surface area contributed by atoms with Gasteiger partial charge in [0.25, 0.3) is 11.7 Å². The van der Waals surface area contributed by atoms with Crippen molar-refractivity contribution < 1.29 is 19.1 Å². The van der Waals surface area contributed by atoms with Crippen LogP contribution in [0.25, 0.3) is 5.76 Å². The Morgan fingerprint density at radius 1 is 1.03 bits per heavy atom. The van der Waals surface area contributed by atoms with Gasteiger partial charge in [0.05, 0.1) is 11.8 Å². The summed E-state index contributed by atoms with van der Waals surface area (Å²) in [4.78, 5) is 27.6. The van der Waals surface area contributed by atoms with Crippen LogP contribution in [0.2, 0.25) is 0 Å². The topological polar surface area (TPSA) is 70.8 Å². The van der Waals surface area contributed by atoms with Crippen LogP contribution < -0.4 is 4.90 Å². The highest BCUT2D eigenvalue weighted by atomic mass is 16.3. The Bertz CT molecular complexity index is 1140. The lowest BCUT2D eigenvalue weighted by Crippen LogP contribution is -2.30. The van der Waals surface area contributed by atoms with Crippen LogP contribution in [-0.2, 0) is 16.0 Å². The van der Waals surface area contributed by atoms with E-state index in [0.29, 0.717) is 17.0 Å². The average molecular weight is 401 g/mol. The quantitative estimate of drug-likeness (QED) is 0.376. The molecular formula is C25H23NO4. The number of furan rings is 1. The van der Waals surface area contributed by atoms with E-state index in [-0.39, 0.29) is 11.3 Å². The zero-order valence-electron chi connectivity index (χ0n) is 17.2. The number of hydrogen-bond donors (Lipinski definition) is 1. The van der Waals surface area contributed by atoms with E-state index in [2.05, 4.69) is 0 Å². The summed E-state index contributed by atoms with van der Waals surface area (Å²) in [6.45, 7) is 5.90. The predicted molar refractivity (Wildman–Crippen MR) is 115 cm³/mol. The van der Waals surface area contributed by atoms with E-state index in [9.17, 15) is 14.7 Å². The van der Waals surface area contributed by atoms with Gasteiger partial charge in [0.1, 0.15) is 17.6 Å². The smallest absolute Gasteiger partial charge is 0.300 e. The first kappa shape index (κ1) is 19.7. The van der Waals surface area contributed by atoms with Gasteiger partial charge in [-0.15, -0.1) is 0 Å². The standard InChI is InChI=1S/C25H23NO4/c1-4-17-10-12-18(13-11-17)23(27)21-22(20-9-6-14-30-20)26(25(29)24(21)28)19-8-5-7-15(2)16(19)3/h5-14,22,27H,4H2,1-3H3/b23-21-. The highest BCUT2D eigenvalue weighted by molar-refractivity contribution is 6.51. The lowest BCUT2D eigenvalue weighted by Gasteiger charge is -2.25. The van der Waals surface area contributed by atoms with Crippen molar-refractivity contribution in [2.75, 3.05) is 4.90 Å². The van der Waals surface area contributed by atoms with Crippen LogP contribution in [-0.4, -0.2) is 16.8 Å². The number of carbonyl (C=O) groups excluding carboxylic acids is 2. The molecule has 1 unspecified atom stereocenters. The maximum atomic E-state index is 13.1. The van der Waals surface area contributed by atoms with Gasteiger partial charge in [0, 0.05) is 11.3 Å². The van der Waals surface area contributed by atoms with Gasteiger partial charge in [-0.05, 0) is 55.2 Å². The highest BCUT2D eigenvalue weighted by Gasteiger charge is 2.48. The summed E-state index contributed by atoms with van der Waals surface area (Å²) in [5.74, 6) is -1.20. The van der Waals surface area contributed by atoms with Gasteiger partial charge < -0.3 is 9.52 Å². The van der Waals surface area contributed by atoms with E-state index in [4.69, 9.17) is 4.42 Å². The Hall–Kier alpha value is -3.60. The number of aliphatic hydroxyl groups excluding tert-OH is 1. The van der Waals surface area contributed by atoms with E-state index in [1.165, 1.54) is 11.2 Å². The molecule has 2 heterocycles. The number of nitrogens with zero attached hydrogens (tertiary/aromatic N) is 1. The molecule has 1 aliphatic heterocycles. The lowest BCUT2D eigenvalue weighted by molar-refractivity contribution is -0.132. The van der Waals surface area contributed by atoms with Gasteiger partial charge >= 0.3 is 0 Å². The van der Waals surface area contributed by atoms with Crippen LogP contribution in [0.3, 0.4) is 0 Å². The van der Waals surface area contributed by atoms with Crippen molar-refractivity contribution >= 4 is 23.1 Å². The maximum Gasteiger partial charge on any atom is 0.300 e. The molecule has 1 N–H and O–H groups in total. The van der Waals surface area contributed by atoms with E-state index < -0.39 is 17.7 Å². The second kappa shape index (κ2) is 7.67. The third-order valence-corrected chi connectivity index (χ3v) is 5.73. The summed E-state index contributed by atoms with van der Waals surface area (Å²) < 4.78 is 5.60. The molecule has 152 valence electrons. The van der Waals surface area contributed by atoms with Crippen LogP contribution in [0, 0.1) is 13.8 Å². The summed E-state index contributed by atoms with van der Waals surface area (Å²) in [5, 5.41) is 11.1. The number of rotatable bonds is 4. The highest BCUT2D eigenvalue weighted by Crippen LogP contribution is 2.43. The molecule has 0 radical (unpaired) electrons. The molecule has 1 atom stereocenters. The largest absolute Gasteiger partial charge is 0.507 e. The molecule has 0 bridgehead atoms. The zero-order chi connectivity index (χ0) is 21.4. The van der Waals surface area contributed by atoms with Crippen molar-refractivity contribution in [1.29, 1.82) is 0 Å². The fraction of sp³-hybridized carbons (Fsp3) is 0.200. The van der Waals surface area contributed by atoms with Crippen molar-refractivity contribution in [2.45, 2.75) is 33.2 Å². The average Bonchev–Trinajstić information content (AvgIpc) is 3.37. The van der Waals surface area contributed by atoms with Crippen LogP contribution >= 0.6 is 0 Å². The monoisotopic (exact) mass is 401 g/mol. The van der Waals surface area contributed by atoms with Crippen molar-refractivity contribution in [3.63, 3.8) is 0 Å². The molecule has 1 fully saturated rings. The first-order valence-electron chi connectivity index (χ1n) is 9.94. The van der Waals surface area contributed by atoms with E-state index in [1.807, 2.05) is 45.0 Å². The number of amides is 1. The summed E-state index contributed by atoms with van der Waals surface area (Å²) in [6, 6.07) is 15.5. The number of hydrogen-bond acceptors (Lipinski definition) is 4. The van der Waals surface area contributed by atoms with Crippen LogP contribution in [0.4, 0.5) is 5.69 Å².